The van der Waals surface area contributed by atoms with Crippen LogP contribution in [0.1, 0.15) is 55.9 Å². The molecule has 1 aromatic rings. The van der Waals surface area contributed by atoms with E-state index < -0.39 is 12.0 Å². The number of aliphatic carboxylic acids is 1. The quantitative estimate of drug-likeness (QED) is 0.861. The first-order valence-corrected chi connectivity index (χ1v) is 6.55. The number of aryl methyl sites for hydroxylation is 1. The van der Waals surface area contributed by atoms with Gasteiger partial charge in [-0.15, -0.1) is 0 Å². The molecule has 2 aliphatic heterocycles. The third-order valence-corrected chi connectivity index (χ3v) is 3.64. The zero-order valence-electron chi connectivity index (χ0n) is 10.2. The van der Waals surface area contributed by atoms with Crippen LogP contribution in [0.15, 0.2) is 0 Å². The molecule has 1 saturated heterocycles. The molecule has 2 atom stereocenters. The van der Waals surface area contributed by atoms with E-state index in [-0.39, 0.29) is 6.10 Å². The van der Waals surface area contributed by atoms with Gasteiger partial charge in [-0.25, -0.2) is 14.5 Å². The molecule has 98 valence electrons. The van der Waals surface area contributed by atoms with Gasteiger partial charge in [-0.2, -0.15) is 5.10 Å². The second-order valence-electron chi connectivity index (χ2n) is 4.93. The standard InChI is InChI=1S/C12H17N3O3/c16-12(17)8-4-3-6-10-13-11(14-15(8)10)9-5-1-2-7-18-9/h8-9H,1-7H2,(H,16,17). The Kier molecular flexibility index (Phi) is 3.03. The van der Waals surface area contributed by atoms with Gasteiger partial charge in [-0.3, -0.25) is 0 Å². The Morgan fingerprint density at radius 3 is 2.94 bits per heavy atom. The van der Waals surface area contributed by atoms with Gasteiger partial charge in [-0.1, -0.05) is 0 Å². The Morgan fingerprint density at radius 1 is 1.33 bits per heavy atom. The molecule has 6 nitrogen and oxygen atoms in total. The average molecular weight is 251 g/mol. The Bertz CT molecular complexity index is 451. The maximum atomic E-state index is 11.2. The molecule has 0 saturated carbocycles. The van der Waals surface area contributed by atoms with Crippen molar-refractivity contribution in [2.75, 3.05) is 6.61 Å². The second kappa shape index (κ2) is 4.68. The first-order chi connectivity index (χ1) is 8.75. The number of hydrogen-bond acceptors (Lipinski definition) is 4. The molecule has 0 aliphatic carbocycles. The lowest BCUT2D eigenvalue weighted by molar-refractivity contribution is -0.141. The SMILES string of the molecule is O=C(O)C1CCCc2nc(C3CCCCO3)nn21. The van der Waals surface area contributed by atoms with Crippen LogP contribution in [0.25, 0.3) is 0 Å². The van der Waals surface area contributed by atoms with Crippen molar-refractivity contribution >= 4 is 5.97 Å². The van der Waals surface area contributed by atoms with Crippen LogP contribution in [0, 0.1) is 0 Å². The van der Waals surface area contributed by atoms with E-state index in [1.807, 2.05) is 0 Å². The number of carbonyl (C=O) groups is 1. The molecule has 0 spiro atoms. The molecule has 2 unspecified atom stereocenters. The van der Waals surface area contributed by atoms with E-state index in [2.05, 4.69) is 10.1 Å². The zero-order chi connectivity index (χ0) is 12.5. The largest absolute Gasteiger partial charge is 0.480 e. The Hall–Kier alpha value is -1.43. The summed E-state index contributed by atoms with van der Waals surface area (Å²) in [5.74, 6) is 0.632. The average Bonchev–Trinajstić information content (AvgIpc) is 2.83. The normalized spacial score (nSPS) is 27.8. The van der Waals surface area contributed by atoms with Crippen LogP contribution < -0.4 is 0 Å². The number of hydrogen-bond donors (Lipinski definition) is 1. The highest BCUT2D eigenvalue weighted by Gasteiger charge is 2.30. The van der Waals surface area contributed by atoms with E-state index in [0.29, 0.717) is 12.2 Å². The van der Waals surface area contributed by atoms with Crippen LogP contribution >= 0.6 is 0 Å². The monoisotopic (exact) mass is 251 g/mol. The number of fused-ring (bicyclic) bond motifs is 1. The van der Waals surface area contributed by atoms with Crippen molar-refractivity contribution in [3.8, 4) is 0 Å². The molecule has 0 bridgehead atoms. The van der Waals surface area contributed by atoms with Crippen molar-refractivity contribution in [3.05, 3.63) is 11.6 Å². The van der Waals surface area contributed by atoms with Crippen LogP contribution in [0.3, 0.4) is 0 Å². The summed E-state index contributed by atoms with van der Waals surface area (Å²) in [6.07, 6.45) is 5.40. The molecular weight excluding hydrogens is 234 g/mol. The van der Waals surface area contributed by atoms with Crippen LogP contribution in [-0.4, -0.2) is 32.4 Å². The highest BCUT2D eigenvalue weighted by molar-refractivity contribution is 5.71. The van der Waals surface area contributed by atoms with Gasteiger partial charge in [-0.05, 0) is 32.1 Å². The summed E-state index contributed by atoms with van der Waals surface area (Å²) >= 11 is 0. The van der Waals surface area contributed by atoms with Crippen molar-refractivity contribution < 1.29 is 14.6 Å². The number of carboxylic acids is 1. The third-order valence-electron chi connectivity index (χ3n) is 3.64. The van der Waals surface area contributed by atoms with Crippen molar-refractivity contribution in [2.24, 2.45) is 0 Å². The Labute approximate surface area is 105 Å². The van der Waals surface area contributed by atoms with Crippen molar-refractivity contribution in [1.82, 2.24) is 14.8 Å². The van der Waals surface area contributed by atoms with Crippen molar-refractivity contribution in [3.63, 3.8) is 0 Å². The number of carboxylic acid groups (broad SMARTS) is 1. The fourth-order valence-electron chi connectivity index (χ4n) is 2.68. The lowest BCUT2D eigenvalue weighted by Gasteiger charge is -2.20. The van der Waals surface area contributed by atoms with E-state index in [9.17, 15) is 9.90 Å². The first kappa shape index (κ1) is 11.6. The molecular formula is C12H17N3O3. The fraction of sp³-hybridized carbons (Fsp3) is 0.750. The predicted molar refractivity (Wildman–Crippen MR) is 62.2 cm³/mol. The van der Waals surface area contributed by atoms with E-state index >= 15 is 0 Å². The number of nitrogens with zero attached hydrogens (tertiary/aromatic N) is 3. The minimum absolute atomic E-state index is 0.0497. The second-order valence-corrected chi connectivity index (χ2v) is 4.93. The molecule has 2 aliphatic rings. The summed E-state index contributed by atoms with van der Waals surface area (Å²) in [6, 6.07) is -0.557. The Balaban J connectivity index is 1.88. The van der Waals surface area contributed by atoms with Gasteiger partial charge in [0, 0.05) is 13.0 Å². The third kappa shape index (κ3) is 2.01. The van der Waals surface area contributed by atoms with Gasteiger partial charge in [0.2, 0.25) is 0 Å². The summed E-state index contributed by atoms with van der Waals surface area (Å²) in [6.45, 7) is 0.747. The molecule has 6 heteroatoms. The minimum atomic E-state index is -0.822. The topological polar surface area (TPSA) is 77.2 Å². The van der Waals surface area contributed by atoms with Crippen LogP contribution in [0.2, 0.25) is 0 Å². The molecule has 3 heterocycles. The van der Waals surface area contributed by atoms with Gasteiger partial charge in [0.1, 0.15) is 11.9 Å². The summed E-state index contributed by atoms with van der Waals surface area (Å²) in [7, 11) is 0. The van der Waals surface area contributed by atoms with E-state index in [0.717, 1.165) is 44.5 Å². The summed E-state index contributed by atoms with van der Waals surface area (Å²) in [5.41, 5.74) is 0. The molecule has 3 rings (SSSR count). The maximum Gasteiger partial charge on any atom is 0.328 e. The number of ether oxygens (including phenoxy) is 1. The van der Waals surface area contributed by atoms with Crippen LogP contribution in [0.4, 0.5) is 0 Å². The van der Waals surface area contributed by atoms with Gasteiger partial charge < -0.3 is 9.84 Å². The smallest absolute Gasteiger partial charge is 0.328 e. The van der Waals surface area contributed by atoms with Crippen LogP contribution in [0.5, 0.6) is 0 Å². The summed E-state index contributed by atoms with van der Waals surface area (Å²) in [4.78, 5) is 15.7. The zero-order valence-corrected chi connectivity index (χ0v) is 10.2. The first-order valence-electron chi connectivity index (χ1n) is 6.55. The van der Waals surface area contributed by atoms with E-state index in [1.54, 1.807) is 4.68 Å². The fourth-order valence-corrected chi connectivity index (χ4v) is 2.68. The predicted octanol–water partition coefficient (Wildman–Crippen LogP) is 1.48. The Morgan fingerprint density at radius 2 is 2.22 bits per heavy atom. The minimum Gasteiger partial charge on any atom is -0.480 e. The van der Waals surface area contributed by atoms with E-state index in [4.69, 9.17) is 4.74 Å². The molecule has 0 aromatic carbocycles. The summed E-state index contributed by atoms with van der Waals surface area (Å²) < 4.78 is 7.23. The van der Waals surface area contributed by atoms with E-state index in [1.165, 1.54) is 0 Å². The molecule has 18 heavy (non-hydrogen) atoms. The van der Waals surface area contributed by atoms with Crippen LogP contribution in [-0.2, 0) is 16.0 Å². The van der Waals surface area contributed by atoms with Crippen molar-refractivity contribution in [2.45, 2.75) is 50.7 Å². The molecule has 1 fully saturated rings. The molecule has 1 N–H and O–H groups in total. The lowest BCUT2D eigenvalue weighted by Crippen LogP contribution is -2.26. The van der Waals surface area contributed by atoms with Gasteiger partial charge in [0.05, 0.1) is 0 Å². The molecule has 1 aromatic heterocycles. The highest BCUT2D eigenvalue weighted by atomic mass is 16.5. The summed E-state index contributed by atoms with van der Waals surface area (Å²) in [5, 5.41) is 13.6. The molecule has 0 radical (unpaired) electrons. The van der Waals surface area contributed by atoms with Crippen molar-refractivity contribution in [1.29, 1.82) is 0 Å². The number of rotatable bonds is 2. The molecule has 0 amide bonds. The lowest BCUT2D eigenvalue weighted by atomic mass is 10.1. The maximum absolute atomic E-state index is 11.2. The van der Waals surface area contributed by atoms with Gasteiger partial charge >= 0.3 is 5.97 Å². The van der Waals surface area contributed by atoms with Gasteiger partial charge in [0.25, 0.3) is 0 Å². The highest BCUT2D eigenvalue weighted by Crippen LogP contribution is 2.29. The van der Waals surface area contributed by atoms with Gasteiger partial charge in [0.15, 0.2) is 11.9 Å². The number of aromatic nitrogens is 3.